The van der Waals surface area contributed by atoms with E-state index in [1.54, 1.807) is 25.3 Å². The Morgan fingerprint density at radius 1 is 1.15 bits per heavy atom. The Labute approximate surface area is 153 Å². The number of methoxy groups -OCH3 is 1. The van der Waals surface area contributed by atoms with Gasteiger partial charge in [-0.2, -0.15) is 0 Å². The lowest BCUT2D eigenvalue weighted by atomic mass is 9.90. The van der Waals surface area contributed by atoms with Gasteiger partial charge in [0.25, 0.3) is 6.04 Å². The van der Waals surface area contributed by atoms with Gasteiger partial charge in [0.15, 0.2) is 6.10 Å². The van der Waals surface area contributed by atoms with Crippen molar-refractivity contribution in [1.29, 1.82) is 0 Å². The van der Waals surface area contributed by atoms with Gasteiger partial charge in [0.05, 0.1) is 7.11 Å². The van der Waals surface area contributed by atoms with Crippen molar-refractivity contribution >= 4 is 10.8 Å². The Balaban J connectivity index is 1.85. The Bertz CT molecular complexity index is 1050. The molecule has 0 aromatic heterocycles. The number of fused-ring (bicyclic) bond motifs is 3. The van der Waals surface area contributed by atoms with Crippen LogP contribution in [0.3, 0.4) is 0 Å². The van der Waals surface area contributed by atoms with Crippen molar-refractivity contribution in [2.75, 3.05) is 7.11 Å². The van der Waals surface area contributed by atoms with E-state index in [2.05, 4.69) is 0 Å². The Morgan fingerprint density at radius 2 is 1.93 bits per heavy atom. The zero-order chi connectivity index (χ0) is 19.1. The van der Waals surface area contributed by atoms with Gasteiger partial charge < -0.3 is 9.47 Å². The molecule has 0 amide bonds. The number of nitro groups is 1. The van der Waals surface area contributed by atoms with Gasteiger partial charge in [0.1, 0.15) is 23.1 Å². The minimum absolute atomic E-state index is 0.0329. The third-order valence-electron chi connectivity index (χ3n) is 4.85. The van der Waals surface area contributed by atoms with Gasteiger partial charge in [-0.15, -0.1) is 0 Å². The van der Waals surface area contributed by atoms with Crippen molar-refractivity contribution in [1.82, 2.24) is 0 Å². The zero-order valence-electron chi connectivity index (χ0n) is 14.3. The highest BCUT2D eigenvalue weighted by Crippen LogP contribution is 2.41. The summed E-state index contributed by atoms with van der Waals surface area (Å²) in [6.45, 7) is 0. The van der Waals surface area contributed by atoms with Crippen LogP contribution in [0.1, 0.15) is 17.2 Å². The van der Waals surface area contributed by atoms with Gasteiger partial charge in [-0.05, 0) is 41.1 Å². The van der Waals surface area contributed by atoms with Crippen molar-refractivity contribution in [3.8, 4) is 11.5 Å². The number of rotatable bonds is 3. The minimum Gasteiger partial charge on any atom is -0.497 e. The highest BCUT2D eigenvalue weighted by molar-refractivity contribution is 5.89. The van der Waals surface area contributed by atoms with Gasteiger partial charge >= 0.3 is 0 Å². The summed E-state index contributed by atoms with van der Waals surface area (Å²) in [6.07, 6.45) is -1.08. The molecule has 0 spiro atoms. The molecule has 0 N–H and O–H groups in total. The van der Waals surface area contributed by atoms with Crippen molar-refractivity contribution in [3.63, 3.8) is 0 Å². The summed E-state index contributed by atoms with van der Waals surface area (Å²) >= 11 is 0. The van der Waals surface area contributed by atoms with Crippen LogP contribution in [0.15, 0.2) is 48.5 Å². The molecule has 2 unspecified atom stereocenters. The van der Waals surface area contributed by atoms with Crippen LogP contribution in [0, 0.1) is 21.7 Å². The summed E-state index contributed by atoms with van der Waals surface area (Å²) in [4.78, 5) is 11.2. The van der Waals surface area contributed by atoms with E-state index < -0.39 is 28.7 Å². The standard InChI is InChI=1S/C20H15F2NO4/c1-26-13-5-2-11-3-7-19-16(15(11)9-13)10-18(23(24)25)20(27-19)14-6-4-12(21)8-17(14)22/h2-9,18,20H,10H2,1H3. The summed E-state index contributed by atoms with van der Waals surface area (Å²) in [7, 11) is 1.54. The molecule has 0 radical (unpaired) electrons. The molecular weight excluding hydrogens is 356 g/mol. The maximum atomic E-state index is 14.2. The minimum atomic E-state index is -1.20. The molecule has 1 heterocycles. The van der Waals surface area contributed by atoms with E-state index >= 15 is 0 Å². The molecule has 1 aliphatic heterocycles. The predicted octanol–water partition coefficient (Wildman–Crippen LogP) is 4.45. The summed E-state index contributed by atoms with van der Waals surface area (Å²) in [5, 5.41) is 13.4. The average molecular weight is 371 g/mol. The summed E-state index contributed by atoms with van der Waals surface area (Å²) < 4.78 is 38.6. The molecule has 138 valence electrons. The number of benzene rings is 3. The van der Waals surface area contributed by atoms with Crippen LogP contribution in [0.4, 0.5) is 8.78 Å². The van der Waals surface area contributed by atoms with Crippen LogP contribution in [-0.4, -0.2) is 18.1 Å². The second-order valence-electron chi connectivity index (χ2n) is 6.39. The first kappa shape index (κ1) is 17.2. The molecule has 1 aliphatic rings. The van der Waals surface area contributed by atoms with Crippen LogP contribution in [0.2, 0.25) is 0 Å². The molecule has 5 nitrogen and oxygen atoms in total. The van der Waals surface area contributed by atoms with Crippen molar-refractivity contribution in [2.45, 2.75) is 18.6 Å². The first-order chi connectivity index (χ1) is 13.0. The van der Waals surface area contributed by atoms with Crippen molar-refractivity contribution in [3.05, 3.63) is 81.4 Å². The lowest BCUT2D eigenvalue weighted by Gasteiger charge is -2.30. The van der Waals surface area contributed by atoms with Crippen LogP contribution in [0.5, 0.6) is 11.5 Å². The molecule has 7 heteroatoms. The van der Waals surface area contributed by atoms with Gasteiger partial charge in [-0.1, -0.05) is 12.1 Å². The van der Waals surface area contributed by atoms with E-state index in [4.69, 9.17) is 9.47 Å². The molecule has 0 fully saturated rings. The fourth-order valence-corrected chi connectivity index (χ4v) is 3.51. The lowest BCUT2D eigenvalue weighted by molar-refractivity contribution is -0.535. The first-order valence-corrected chi connectivity index (χ1v) is 8.32. The molecule has 0 saturated heterocycles. The normalized spacial score (nSPS) is 18.6. The molecule has 4 rings (SSSR count). The topological polar surface area (TPSA) is 61.6 Å². The quantitative estimate of drug-likeness (QED) is 0.504. The monoisotopic (exact) mass is 371 g/mol. The van der Waals surface area contributed by atoms with Crippen LogP contribution in [-0.2, 0) is 6.42 Å². The Kier molecular flexibility index (Phi) is 4.14. The molecular formula is C20H15F2NO4. The second kappa shape index (κ2) is 6.50. The number of hydrogen-bond donors (Lipinski definition) is 0. The maximum Gasteiger partial charge on any atom is 0.257 e. The van der Waals surface area contributed by atoms with Gasteiger partial charge in [-0.25, -0.2) is 8.78 Å². The van der Waals surface area contributed by atoms with E-state index in [0.29, 0.717) is 23.1 Å². The largest absolute Gasteiger partial charge is 0.497 e. The number of hydrogen-bond acceptors (Lipinski definition) is 4. The third-order valence-corrected chi connectivity index (χ3v) is 4.85. The number of nitrogens with zero attached hydrogens (tertiary/aromatic N) is 1. The molecule has 2 atom stereocenters. The molecule has 3 aromatic rings. The molecule has 3 aromatic carbocycles. The molecule has 0 aliphatic carbocycles. The third kappa shape index (κ3) is 2.95. The smallest absolute Gasteiger partial charge is 0.257 e. The van der Waals surface area contributed by atoms with E-state index in [1.807, 2.05) is 12.1 Å². The van der Waals surface area contributed by atoms with Gasteiger partial charge in [0.2, 0.25) is 0 Å². The zero-order valence-corrected chi connectivity index (χ0v) is 14.3. The lowest BCUT2D eigenvalue weighted by Crippen LogP contribution is -2.37. The highest BCUT2D eigenvalue weighted by atomic mass is 19.1. The van der Waals surface area contributed by atoms with E-state index in [9.17, 15) is 18.9 Å². The fourth-order valence-electron chi connectivity index (χ4n) is 3.51. The van der Waals surface area contributed by atoms with Crippen molar-refractivity contribution in [2.24, 2.45) is 0 Å². The summed E-state index contributed by atoms with van der Waals surface area (Å²) in [6, 6.07) is 10.8. The maximum absolute atomic E-state index is 14.2. The fraction of sp³-hybridized carbons (Fsp3) is 0.200. The van der Waals surface area contributed by atoms with Crippen molar-refractivity contribution < 1.29 is 23.2 Å². The molecule has 0 saturated carbocycles. The first-order valence-electron chi connectivity index (χ1n) is 8.32. The van der Waals surface area contributed by atoms with Gasteiger partial charge in [-0.3, -0.25) is 10.1 Å². The van der Waals surface area contributed by atoms with Crippen LogP contribution >= 0.6 is 0 Å². The molecule has 0 bridgehead atoms. The van der Waals surface area contributed by atoms with E-state index in [-0.39, 0.29) is 12.0 Å². The van der Waals surface area contributed by atoms with Crippen LogP contribution < -0.4 is 9.47 Å². The van der Waals surface area contributed by atoms with E-state index in [1.165, 1.54) is 6.07 Å². The van der Waals surface area contributed by atoms with E-state index in [0.717, 1.165) is 16.8 Å². The Hall–Kier alpha value is -3.22. The second-order valence-corrected chi connectivity index (χ2v) is 6.39. The van der Waals surface area contributed by atoms with Crippen LogP contribution in [0.25, 0.3) is 10.8 Å². The average Bonchev–Trinajstić information content (AvgIpc) is 2.66. The number of halogens is 2. The SMILES string of the molecule is COc1ccc2ccc3c(c2c1)CC([N+](=O)[O-])C(c1ccc(F)cc1F)O3. The summed E-state index contributed by atoms with van der Waals surface area (Å²) in [5.41, 5.74) is 0.640. The molecule has 27 heavy (non-hydrogen) atoms. The van der Waals surface area contributed by atoms with Gasteiger partial charge in [0, 0.05) is 28.5 Å². The summed E-state index contributed by atoms with van der Waals surface area (Å²) in [5.74, 6) is -0.538. The Morgan fingerprint density at radius 3 is 2.63 bits per heavy atom. The highest BCUT2D eigenvalue weighted by Gasteiger charge is 2.41. The predicted molar refractivity (Wildman–Crippen MR) is 94.7 cm³/mol. The number of ether oxygens (including phenoxy) is 2.